The number of carbonyl (C=O) groups is 1. The molecular weight excluding hydrogens is 448 g/mol. The van der Waals surface area contributed by atoms with Gasteiger partial charge in [-0.3, -0.25) is 4.55 Å². The third kappa shape index (κ3) is 4.81. The van der Waals surface area contributed by atoms with Gasteiger partial charge >= 0.3 is 5.97 Å². The van der Waals surface area contributed by atoms with E-state index in [-0.39, 0.29) is 5.56 Å². The van der Waals surface area contributed by atoms with E-state index in [1.165, 1.54) is 4.31 Å². The molecule has 1 unspecified atom stereocenters. The van der Waals surface area contributed by atoms with Crippen LogP contribution < -0.4 is 9.21 Å². The van der Waals surface area contributed by atoms with Crippen LogP contribution in [0.5, 0.6) is 0 Å². The highest BCUT2D eigenvalue weighted by atomic mass is 32.2. The van der Waals surface area contributed by atoms with Gasteiger partial charge < -0.3 is 10.0 Å². The highest BCUT2D eigenvalue weighted by Crippen LogP contribution is 2.38. The fourth-order valence-electron chi connectivity index (χ4n) is 4.16. The van der Waals surface area contributed by atoms with Crippen molar-refractivity contribution in [2.24, 2.45) is 0 Å². The Kier molecular flexibility index (Phi) is 6.95. The van der Waals surface area contributed by atoms with Crippen LogP contribution in [0.3, 0.4) is 0 Å². The van der Waals surface area contributed by atoms with Gasteiger partial charge in [-0.25, -0.2) is 13.3 Å². The zero-order chi connectivity index (χ0) is 24.2. The van der Waals surface area contributed by atoms with E-state index >= 15 is 0 Å². The van der Waals surface area contributed by atoms with Crippen molar-refractivity contribution in [1.82, 2.24) is 0 Å². The summed E-state index contributed by atoms with van der Waals surface area (Å²) in [6.45, 7) is 0. The largest absolute Gasteiger partial charge is 0.478 e. The Balaban J connectivity index is 1.72. The molecule has 174 valence electrons. The molecule has 0 spiro atoms. The molecule has 0 amide bonds. The second-order valence-electron chi connectivity index (χ2n) is 8.20. The van der Waals surface area contributed by atoms with Crippen molar-refractivity contribution < 1.29 is 18.7 Å². The predicted octanol–water partition coefficient (Wildman–Crippen LogP) is 5.66. The first-order chi connectivity index (χ1) is 16.4. The molecule has 0 aliphatic heterocycles. The van der Waals surface area contributed by atoms with Crippen LogP contribution in [0.25, 0.3) is 10.8 Å². The molecule has 0 fully saturated rings. The van der Waals surface area contributed by atoms with Gasteiger partial charge in [0.1, 0.15) is 0 Å². The number of aryl methyl sites for hydroxylation is 2. The molecule has 4 aromatic carbocycles. The molecule has 0 aliphatic carbocycles. The SMILES string of the molecule is CN(C)c1cccc2c(N(c3ccccc3CCc3ccc(C(=O)O)cc3)S(=O)O)cccc12. The Morgan fingerprint density at radius 1 is 0.765 bits per heavy atom. The quantitative estimate of drug-likeness (QED) is 0.322. The topological polar surface area (TPSA) is 81.1 Å². The summed E-state index contributed by atoms with van der Waals surface area (Å²) in [5.41, 5.74) is 4.51. The van der Waals surface area contributed by atoms with Gasteiger partial charge in [0.05, 0.1) is 16.9 Å². The molecule has 1 atom stereocenters. The maximum Gasteiger partial charge on any atom is 0.335 e. The molecule has 2 N–H and O–H groups in total. The average Bonchev–Trinajstić information content (AvgIpc) is 2.83. The molecule has 0 saturated carbocycles. The fourth-order valence-corrected chi connectivity index (χ4v) is 4.83. The van der Waals surface area contributed by atoms with Gasteiger partial charge in [-0.2, -0.15) is 0 Å². The number of para-hydroxylation sites is 1. The number of hydrogen-bond donors (Lipinski definition) is 2. The molecule has 0 radical (unpaired) electrons. The zero-order valence-corrected chi connectivity index (χ0v) is 19.8. The van der Waals surface area contributed by atoms with Gasteiger partial charge in [0.15, 0.2) is 0 Å². The van der Waals surface area contributed by atoms with Crippen molar-refractivity contribution in [2.75, 3.05) is 23.3 Å². The van der Waals surface area contributed by atoms with Crippen LogP contribution in [0, 0.1) is 0 Å². The van der Waals surface area contributed by atoms with E-state index in [1.807, 2.05) is 91.8 Å². The second-order valence-corrected chi connectivity index (χ2v) is 9.03. The number of benzene rings is 4. The van der Waals surface area contributed by atoms with Crippen molar-refractivity contribution >= 4 is 45.1 Å². The Labute approximate surface area is 201 Å². The summed E-state index contributed by atoms with van der Waals surface area (Å²) in [5, 5.41) is 11.0. The first kappa shape index (κ1) is 23.5. The Morgan fingerprint density at radius 2 is 1.35 bits per heavy atom. The molecule has 34 heavy (non-hydrogen) atoms. The first-order valence-corrected chi connectivity index (χ1v) is 11.9. The summed E-state index contributed by atoms with van der Waals surface area (Å²) in [6.07, 6.45) is 1.30. The summed E-state index contributed by atoms with van der Waals surface area (Å²) in [7, 11) is 3.95. The average molecular weight is 475 g/mol. The van der Waals surface area contributed by atoms with Crippen molar-refractivity contribution in [3.05, 3.63) is 102 Å². The lowest BCUT2D eigenvalue weighted by molar-refractivity contribution is 0.0697. The molecule has 0 heterocycles. The normalized spacial score (nSPS) is 11.9. The second kappa shape index (κ2) is 10.1. The van der Waals surface area contributed by atoms with Crippen molar-refractivity contribution in [1.29, 1.82) is 0 Å². The molecule has 4 rings (SSSR count). The van der Waals surface area contributed by atoms with Gasteiger partial charge in [-0.15, -0.1) is 0 Å². The molecular formula is C27H26N2O4S. The van der Waals surface area contributed by atoms with E-state index in [2.05, 4.69) is 0 Å². The van der Waals surface area contributed by atoms with E-state index in [0.29, 0.717) is 24.2 Å². The lowest BCUT2D eigenvalue weighted by atomic mass is 10.0. The summed E-state index contributed by atoms with van der Waals surface area (Å²) in [6, 6.07) is 26.1. The number of rotatable bonds is 8. The minimum Gasteiger partial charge on any atom is -0.478 e. The summed E-state index contributed by atoms with van der Waals surface area (Å²) < 4.78 is 24.5. The Morgan fingerprint density at radius 3 is 1.97 bits per heavy atom. The predicted molar refractivity (Wildman–Crippen MR) is 138 cm³/mol. The van der Waals surface area contributed by atoms with Crippen LogP contribution in [0.2, 0.25) is 0 Å². The maximum absolute atomic E-state index is 12.7. The van der Waals surface area contributed by atoms with Gasteiger partial charge in [0.25, 0.3) is 11.3 Å². The van der Waals surface area contributed by atoms with Crippen molar-refractivity contribution in [2.45, 2.75) is 12.8 Å². The Bertz CT molecular complexity index is 1350. The van der Waals surface area contributed by atoms with Gasteiger partial charge in [0.2, 0.25) is 0 Å². The van der Waals surface area contributed by atoms with E-state index in [4.69, 9.17) is 5.11 Å². The highest BCUT2D eigenvalue weighted by Gasteiger charge is 2.21. The molecule has 4 aromatic rings. The number of hydrogen-bond acceptors (Lipinski definition) is 3. The van der Waals surface area contributed by atoms with Crippen molar-refractivity contribution in [3.8, 4) is 0 Å². The Hall–Kier alpha value is -3.68. The third-order valence-corrected chi connectivity index (χ3v) is 6.53. The van der Waals surface area contributed by atoms with Gasteiger partial charge in [-0.05, 0) is 54.3 Å². The molecule has 0 saturated heterocycles. The van der Waals surface area contributed by atoms with E-state index in [1.54, 1.807) is 12.1 Å². The smallest absolute Gasteiger partial charge is 0.335 e. The van der Waals surface area contributed by atoms with E-state index < -0.39 is 17.2 Å². The standard InChI is InChI=1S/C27H26N2O4S/c1-28(2)25-11-5-9-23-22(25)8-6-12-26(23)29(34(32)33)24-10-4-3-7-20(24)16-13-19-14-17-21(18-15-19)27(30)31/h3-12,14-15,17-18H,13,16H2,1-2H3,(H,30,31)(H,32,33). The summed E-state index contributed by atoms with van der Waals surface area (Å²) in [5.74, 6) is -0.953. The van der Waals surface area contributed by atoms with Gasteiger partial charge in [-0.1, -0.05) is 54.6 Å². The number of anilines is 3. The van der Waals surface area contributed by atoms with Gasteiger partial charge in [0, 0.05) is 30.6 Å². The monoisotopic (exact) mass is 474 g/mol. The molecule has 6 nitrogen and oxygen atoms in total. The number of fused-ring (bicyclic) bond motifs is 1. The van der Waals surface area contributed by atoms with Crippen LogP contribution in [0.1, 0.15) is 21.5 Å². The van der Waals surface area contributed by atoms with E-state index in [0.717, 1.165) is 27.6 Å². The molecule has 0 aromatic heterocycles. The van der Waals surface area contributed by atoms with E-state index in [9.17, 15) is 13.6 Å². The summed E-state index contributed by atoms with van der Waals surface area (Å²) >= 11 is -2.29. The first-order valence-electron chi connectivity index (χ1n) is 10.9. The minimum atomic E-state index is -2.29. The number of carboxylic acid groups (broad SMARTS) is 1. The van der Waals surface area contributed by atoms with Crippen LogP contribution in [0.4, 0.5) is 17.1 Å². The molecule has 0 bridgehead atoms. The number of carboxylic acids is 1. The molecule has 7 heteroatoms. The van der Waals surface area contributed by atoms with Crippen LogP contribution in [-0.4, -0.2) is 33.9 Å². The number of aromatic carboxylic acids is 1. The summed E-state index contributed by atoms with van der Waals surface area (Å²) in [4.78, 5) is 13.1. The minimum absolute atomic E-state index is 0.249. The lowest BCUT2D eigenvalue weighted by Gasteiger charge is -2.25. The maximum atomic E-state index is 12.7. The highest BCUT2D eigenvalue weighted by molar-refractivity contribution is 7.81. The van der Waals surface area contributed by atoms with Crippen LogP contribution in [-0.2, 0) is 24.1 Å². The number of nitrogens with zero attached hydrogens (tertiary/aromatic N) is 2. The van der Waals surface area contributed by atoms with Crippen LogP contribution >= 0.6 is 0 Å². The fraction of sp³-hybridized carbons (Fsp3) is 0.148. The third-order valence-electron chi connectivity index (χ3n) is 5.83. The zero-order valence-electron chi connectivity index (χ0n) is 19.0. The lowest BCUT2D eigenvalue weighted by Crippen LogP contribution is -2.21. The van der Waals surface area contributed by atoms with Crippen molar-refractivity contribution in [3.63, 3.8) is 0 Å². The van der Waals surface area contributed by atoms with Crippen LogP contribution in [0.15, 0.2) is 84.9 Å². The molecule has 0 aliphatic rings.